The van der Waals surface area contributed by atoms with E-state index in [2.05, 4.69) is 19.1 Å². The van der Waals surface area contributed by atoms with Crippen LogP contribution in [0.4, 0.5) is 0 Å². The van der Waals surface area contributed by atoms with Crippen molar-refractivity contribution in [3.63, 3.8) is 0 Å². The van der Waals surface area contributed by atoms with E-state index in [-0.39, 0.29) is 23.9 Å². The summed E-state index contributed by atoms with van der Waals surface area (Å²) in [4.78, 5) is 30.5. The molecule has 0 unspecified atom stereocenters. The number of carbonyl (C=O) groups excluding carboxylic acids is 2. The minimum Gasteiger partial charge on any atom is -0.497 e. The highest BCUT2D eigenvalue weighted by Gasteiger charge is 2.33. The number of hydrogen-bond acceptors (Lipinski definition) is 4. The van der Waals surface area contributed by atoms with E-state index in [1.807, 2.05) is 51.6 Å². The zero-order chi connectivity index (χ0) is 24.5. The van der Waals surface area contributed by atoms with Crippen LogP contribution in [-0.4, -0.2) is 59.0 Å². The van der Waals surface area contributed by atoms with Crippen molar-refractivity contribution < 1.29 is 18.7 Å². The number of rotatable bonds is 5. The third-order valence-electron chi connectivity index (χ3n) is 6.85. The first kappa shape index (κ1) is 22.8. The number of aromatic nitrogens is 1. The number of methoxy groups -OCH3 is 1. The summed E-state index contributed by atoms with van der Waals surface area (Å²) in [7, 11) is 1.60. The van der Waals surface area contributed by atoms with E-state index in [0.29, 0.717) is 42.4 Å². The first-order valence-corrected chi connectivity index (χ1v) is 11.9. The van der Waals surface area contributed by atoms with Crippen LogP contribution >= 0.6 is 0 Å². The first-order chi connectivity index (χ1) is 17.0. The van der Waals surface area contributed by atoms with Gasteiger partial charge < -0.3 is 19.0 Å². The molecule has 35 heavy (non-hydrogen) atoms. The molecule has 7 nitrogen and oxygen atoms in total. The first-order valence-electron chi connectivity index (χ1n) is 11.9. The summed E-state index contributed by atoms with van der Waals surface area (Å²) in [5.41, 5.74) is 2.99. The van der Waals surface area contributed by atoms with Gasteiger partial charge in [0.1, 0.15) is 11.4 Å². The molecule has 0 spiro atoms. The van der Waals surface area contributed by atoms with Gasteiger partial charge in [0.25, 0.3) is 11.8 Å². The quantitative estimate of drug-likeness (QED) is 0.418. The van der Waals surface area contributed by atoms with Gasteiger partial charge in [-0.3, -0.25) is 14.2 Å². The normalized spacial score (nSPS) is 16.9. The monoisotopic (exact) mass is 471 g/mol. The lowest BCUT2D eigenvalue weighted by Gasteiger charge is -2.40. The molecule has 2 amide bonds. The van der Waals surface area contributed by atoms with Crippen molar-refractivity contribution in [2.24, 2.45) is 0 Å². The van der Waals surface area contributed by atoms with E-state index in [4.69, 9.17) is 9.15 Å². The van der Waals surface area contributed by atoms with E-state index >= 15 is 0 Å². The molecule has 0 N–H and O–H groups in total. The van der Waals surface area contributed by atoms with Crippen molar-refractivity contribution in [3.8, 4) is 5.75 Å². The van der Waals surface area contributed by atoms with Gasteiger partial charge in [-0.15, -0.1) is 0 Å². The highest BCUT2D eigenvalue weighted by Crippen LogP contribution is 2.30. The molecule has 2 atom stereocenters. The Kier molecular flexibility index (Phi) is 6.07. The minimum absolute atomic E-state index is 0.0363. The second-order valence-electron chi connectivity index (χ2n) is 8.99. The lowest BCUT2D eigenvalue weighted by atomic mass is 10.1. The molecule has 1 saturated heterocycles. The van der Waals surface area contributed by atoms with Crippen LogP contribution < -0.4 is 4.74 Å². The number of ether oxygens (including phenoxy) is 1. The lowest BCUT2D eigenvalue weighted by Crippen LogP contribution is -2.55. The fourth-order valence-corrected chi connectivity index (χ4v) is 4.88. The standard InChI is InChI=1S/C28H29N3O4/c1-19-18-29(14-15-30(19)26(32)22-9-11-24(34-3)12-10-22)27(33)25-17-23-13-16-35-28(23)31(25)20(2)21-7-5-4-6-8-21/h4-13,16-17,19-20H,14-15,18H2,1-3H3/t19-,20+/m0/s1. The van der Waals surface area contributed by atoms with Crippen LogP contribution in [0.15, 0.2) is 77.4 Å². The maximum Gasteiger partial charge on any atom is 0.270 e. The van der Waals surface area contributed by atoms with Gasteiger partial charge in [-0.05, 0) is 55.8 Å². The molecular weight excluding hydrogens is 442 g/mol. The van der Waals surface area contributed by atoms with E-state index in [1.165, 1.54) is 0 Å². The number of carbonyl (C=O) groups is 2. The van der Waals surface area contributed by atoms with Crippen LogP contribution in [0, 0.1) is 0 Å². The molecule has 7 heteroatoms. The van der Waals surface area contributed by atoms with Gasteiger partial charge >= 0.3 is 0 Å². The smallest absolute Gasteiger partial charge is 0.270 e. The largest absolute Gasteiger partial charge is 0.497 e. The van der Waals surface area contributed by atoms with Gasteiger partial charge in [0.05, 0.1) is 19.4 Å². The van der Waals surface area contributed by atoms with Crippen LogP contribution in [0.1, 0.15) is 46.3 Å². The SMILES string of the molecule is COc1ccc(C(=O)N2CCN(C(=O)c3cc4ccoc4n3[C@H](C)c3ccccc3)C[C@@H]2C)cc1. The molecular formula is C28H29N3O4. The van der Waals surface area contributed by atoms with E-state index in [0.717, 1.165) is 10.9 Å². The summed E-state index contributed by atoms with van der Waals surface area (Å²) in [5, 5.41) is 0.900. The fraction of sp³-hybridized carbons (Fsp3) is 0.286. The number of amides is 2. The summed E-state index contributed by atoms with van der Waals surface area (Å²) < 4.78 is 12.9. The average Bonchev–Trinajstić information content (AvgIpc) is 3.49. The molecule has 0 bridgehead atoms. The van der Waals surface area contributed by atoms with Gasteiger partial charge in [-0.1, -0.05) is 30.3 Å². The minimum atomic E-state index is -0.111. The van der Waals surface area contributed by atoms with Crippen molar-refractivity contribution in [3.05, 3.63) is 89.8 Å². The van der Waals surface area contributed by atoms with Crippen LogP contribution in [0.2, 0.25) is 0 Å². The molecule has 0 radical (unpaired) electrons. The summed E-state index contributed by atoms with van der Waals surface area (Å²) in [5.74, 6) is 0.622. The Morgan fingerprint density at radius 1 is 1.00 bits per heavy atom. The Bertz CT molecular complexity index is 1340. The van der Waals surface area contributed by atoms with Crippen molar-refractivity contribution >= 4 is 22.9 Å². The van der Waals surface area contributed by atoms with Crippen LogP contribution in [0.25, 0.3) is 11.1 Å². The van der Waals surface area contributed by atoms with Gasteiger partial charge in [0, 0.05) is 36.6 Å². The van der Waals surface area contributed by atoms with Gasteiger partial charge in [-0.2, -0.15) is 0 Å². The Balaban J connectivity index is 1.37. The number of nitrogens with zero attached hydrogens (tertiary/aromatic N) is 3. The molecule has 2 aromatic carbocycles. The fourth-order valence-electron chi connectivity index (χ4n) is 4.88. The second kappa shape index (κ2) is 9.33. The highest BCUT2D eigenvalue weighted by molar-refractivity contribution is 5.98. The molecule has 1 aliphatic rings. The van der Waals surface area contributed by atoms with E-state index < -0.39 is 0 Å². The molecule has 4 aromatic rings. The highest BCUT2D eigenvalue weighted by atomic mass is 16.5. The molecule has 5 rings (SSSR count). The molecule has 3 heterocycles. The molecule has 1 fully saturated rings. The maximum atomic E-state index is 13.7. The Morgan fingerprint density at radius 2 is 1.74 bits per heavy atom. The van der Waals surface area contributed by atoms with Crippen molar-refractivity contribution in [2.45, 2.75) is 25.9 Å². The Hall–Kier alpha value is -4.00. The third-order valence-corrected chi connectivity index (χ3v) is 6.85. The summed E-state index contributed by atoms with van der Waals surface area (Å²) >= 11 is 0. The second-order valence-corrected chi connectivity index (χ2v) is 8.99. The van der Waals surface area contributed by atoms with Gasteiger partial charge in [0.15, 0.2) is 0 Å². The van der Waals surface area contributed by atoms with E-state index in [1.54, 1.807) is 37.6 Å². The summed E-state index contributed by atoms with van der Waals surface area (Å²) in [6, 6.07) is 20.8. The molecule has 0 aliphatic carbocycles. The lowest BCUT2D eigenvalue weighted by molar-refractivity contribution is 0.0409. The zero-order valence-corrected chi connectivity index (χ0v) is 20.2. The van der Waals surface area contributed by atoms with Crippen molar-refractivity contribution in [2.75, 3.05) is 26.7 Å². The van der Waals surface area contributed by atoms with Crippen LogP contribution in [0.5, 0.6) is 5.75 Å². The summed E-state index contributed by atoms with van der Waals surface area (Å²) in [6.07, 6.45) is 1.65. The van der Waals surface area contributed by atoms with Gasteiger partial charge in [0.2, 0.25) is 5.71 Å². The topological polar surface area (TPSA) is 67.9 Å². The molecule has 180 valence electrons. The van der Waals surface area contributed by atoms with Gasteiger partial charge in [-0.25, -0.2) is 0 Å². The number of hydrogen-bond donors (Lipinski definition) is 0. The number of furan rings is 1. The number of benzene rings is 2. The summed E-state index contributed by atoms with van der Waals surface area (Å²) in [6.45, 7) is 5.47. The van der Waals surface area contributed by atoms with E-state index in [9.17, 15) is 9.59 Å². The van der Waals surface area contributed by atoms with Crippen LogP contribution in [0.3, 0.4) is 0 Å². The predicted molar refractivity (Wildman–Crippen MR) is 134 cm³/mol. The van der Waals surface area contributed by atoms with Crippen molar-refractivity contribution in [1.82, 2.24) is 14.4 Å². The molecule has 1 aliphatic heterocycles. The molecule has 0 saturated carbocycles. The van der Waals surface area contributed by atoms with Crippen LogP contribution in [-0.2, 0) is 0 Å². The Morgan fingerprint density at radius 3 is 2.43 bits per heavy atom. The number of piperazine rings is 1. The average molecular weight is 472 g/mol. The zero-order valence-electron chi connectivity index (χ0n) is 20.2. The predicted octanol–water partition coefficient (Wildman–Crippen LogP) is 4.84. The number of fused-ring (bicyclic) bond motifs is 1. The maximum absolute atomic E-state index is 13.7. The van der Waals surface area contributed by atoms with Crippen molar-refractivity contribution in [1.29, 1.82) is 0 Å². The molecule has 2 aromatic heterocycles. The Labute approximate surface area is 204 Å². The third kappa shape index (κ3) is 4.18.